The van der Waals surface area contributed by atoms with E-state index < -0.39 is 0 Å². The summed E-state index contributed by atoms with van der Waals surface area (Å²) in [7, 11) is 2.14. The fraction of sp³-hybridized carbons (Fsp3) is 0.632. The van der Waals surface area contributed by atoms with Crippen molar-refractivity contribution in [2.45, 2.75) is 38.3 Å². The van der Waals surface area contributed by atoms with Crippen LogP contribution in [0.1, 0.15) is 37.4 Å². The Morgan fingerprint density at radius 2 is 2.08 bits per heavy atom. The summed E-state index contributed by atoms with van der Waals surface area (Å²) >= 11 is 0. The van der Waals surface area contributed by atoms with Crippen molar-refractivity contribution in [2.75, 3.05) is 39.8 Å². The van der Waals surface area contributed by atoms with Crippen molar-refractivity contribution in [1.29, 1.82) is 0 Å². The summed E-state index contributed by atoms with van der Waals surface area (Å²) in [5, 5.41) is 6.66. The molecule has 0 aliphatic carbocycles. The molecule has 0 spiro atoms. The summed E-state index contributed by atoms with van der Waals surface area (Å²) in [6, 6.07) is 8.80. The second-order valence-corrected chi connectivity index (χ2v) is 7.61. The molecule has 1 aromatic carbocycles. The first kappa shape index (κ1) is 17.2. The fourth-order valence-electron chi connectivity index (χ4n) is 3.56. The SMILES string of the molecule is CN1CCN(C(=O)NCC2NCCc3ccccc32)CCC1(C)C. The zero-order valence-corrected chi connectivity index (χ0v) is 15.1. The second kappa shape index (κ2) is 7.11. The van der Waals surface area contributed by atoms with E-state index in [2.05, 4.69) is 60.7 Å². The highest BCUT2D eigenvalue weighted by atomic mass is 16.2. The molecule has 1 aromatic rings. The minimum absolute atomic E-state index is 0.0611. The third-order valence-corrected chi connectivity index (χ3v) is 5.69. The van der Waals surface area contributed by atoms with Crippen LogP contribution in [0.2, 0.25) is 0 Å². The van der Waals surface area contributed by atoms with Crippen LogP contribution in [0.15, 0.2) is 24.3 Å². The summed E-state index contributed by atoms with van der Waals surface area (Å²) in [4.78, 5) is 16.9. The minimum Gasteiger partial charge on any atom is -0.336 e. The molecular formula is C19H30N4O. The standard InChI is InChI=1S/C19H30N4O/c1-19(2)9-11-23(13-12-22(19)3)18(24)21-14-17-16-7-5-4-6-15(16)8-10-20-17/h4-7,17,20H,8-14H2,1-3H3,(H,21,24). The van der Waals surface area contributed by atoms with Crippen molar-refractivity contribution in [3.63, 3.8) is 0 Å². The van der Waals surface area contributed by atoms with Gasteiger partial charge >= 0.3 is 6.03 Å². The van der Waals surface area contributed by atoms with E-state index in [1.165, 1.54) is 11.1 Å². The molecule has 0 radical (unpaired) electrons. The lowest BCUT2D eigenvalue weighted by Crippen LogP contribution is -2.45. The molecule has 5 heteroatoms. The topological polar surface area (TPSA) is 47.6 Å². The van der Waals surface area contributed by atoms with Gasteiger partial charge in [-0.1, -0.05) is 24.3 Å². The molecule has 1 fully saturated rings. The number of urea groups is 1. The maximum atomic E-state index is 12.6. The molecule has 3 rings (SSSR count). The first-order valence-electron chi connectivity index (χ1n) is 9.02. The van der Waals surface area contributed by atoms with E-state index in [-0.39, 0.29) is 17.6 Å². The summed E-state index contributed by atoms with van der Waals surface area (Å²) in [5.74, 6) is 0. The number of carbonyl (C=O) groups excluding carboxylic acids is 1. The van der Waals surface area contributed by atoms with Gasteiger partial charge in [0.15, 0.2) is 0 Å². The van der Waals surface area contributed by atoms with Gasteiger partial charge in [-0.15, -0.1) is 0 Å². The summed E-state index contributed by atoms with van der Waals surface area (Å²) in [6.07, 6.45) is 2.07. The Morgan fingerprint density at radius 1 is 1.29 bits per heavy atom. The van der Waals surface area contributed by atoms with Crippen molar-refractivity contribution >= 4 is 6.03 Å². The Morgan fingerprint density at radius 3 is 2.92 bits per heavy atom. The average Bonchev–Trinajstić information content (AvgIpc) is 2.72. The van der Waals surface area contributed by atoms with E-state index in [1.54, 1.807) is 0 Å². The zero-order valence-electron chi connectivity index (χ0n) is 15.1. The number of fused-ring (bicyclic) bond motifs is 1. The van der Waals surface area contributed by atoms with Gasteiger partial charge in [0.1, 0.15) is 0 Å². The van der Waals surface area contributed by atoms with E-state index in [4.69, 9.17) is 0 Å². The predicted octanol–water partition coefficient (Wildman–Crippen LogP) is 2.00. The van der Waals surface area contributed by atoms with Crippen LogP contribution < -0.4 is 10.6 Å². The van der Waals surface area contributed by atoms with E-state index >= 15 is 0 Å². The molecule has 0 aromatic heterocycles. The van der Waals surface area contributed by atoms with E-state index in [0.717, 1.165) is 39.0 Å². The van der Waals surface area contributed by atoms with Crippen LogP contribution in [-0.4, -0.2) is 61.1 Å². The third-order valence-electron chi connectivity index (χ3n) is 5.69. The van der Waals surface area contributed by atoms with Gasteiger partial charge in [-0.25, -0.2) is 4.79 Å². The number of rotatable bonds is 2. The molecule has 0 bridgehead atoms. The monoisotopic (exact) mass is 330 g/mol. The minimum atomic E-state index is 0.0611. The van der Waals surface area contributed by atoms with Crippen LogP contribution in [0.5, 0.6) is 0 Å². The van der Waals surface area contributed by atoms with Crippen LogP contribution in [0.25, 0.3) is 0 Å². The first-order valence-corrected chi connectivity index (χ1v) is 9.02. The molecule has 2 aliphatic heterocycles. The smallest absolute Gasteiger partial charge is 0.317 e. The molecule has 5 nitrogen and oxygen atoms in total. The van der Waals surface area contributed by atoms with Crippen molar-refractivity contribution in [2.24, 2.45) is 0 Å². The lowest BCUT2D eigenvalue weighted by molar-refractivity contribution is 0.166. The molecule has 1 saturated heterocycles. The maximum absolute atomic E-state index is 12.6. The summed E-state index contributed by atoms with van der Waals surface area (Å²) in [5.41, 5.74) is 2.87. The lowest BCUT2D eigenvalue weighted by atomic mass is 9.94. The Kier molecular flexibility index (Phi) is 5.11. The number of amides is 2. The van der Waals surface area contributed by atoms with Crippen LogP contribution in [0, 0.1) is 0 Å². The number of carbonyl (C=O) groups is 1. The maximum Gasteiger partial charge on any atom is 0.317 e. The Bertz CT molecular complexity index is 586. The van der Waals surface area contributed by atoms with Crippen molar-refractivity contribution in [1.82, 2.24) is 20.4 Å². The van der Waals surface area contributed by atoms with E-state index in [0.29, 0.717) is 6.54 Å². The number of nitrogens with zero attached hydrogens (tertiary/aromatic N) is 2. The van der Waals surface area contributed by atoms with Crippen molar-refractivity contribution in [3.05, 3.63) is 35.4 Å². The van der Waals surface area contributed by atoms with Gasteiger partial charge in [-0.2, -0.15) is 0 Å². The molecule has 1 unspecified atom stereocenters. The van der Waals surface area contributed by atoms with Crippen molar-refractivity contribution in [3.8, 4) is 0 Å². The highest BCUT2D eigenvalue weighted by molar-refractivity contribution is 5.74. The number of nitrogens with one attached hydrogen (secondary N) is 2. The van der Waals surface area contributed by atoms with Crippen LogP contribution in [0.4, 0.5) is 4.79 Å². The zero-order chi connectivity index (χ0) is 17.2. The molecule has 1 atom stereocenters. The molecule has 2 heterocycles. The lowest BCUT2D eigenvalue weighted by Gasteiger charge is -2.32. The number of likely N-dealkylation sites (N-methyl/N-ethyl adjacent to an activating group) is 1. The Hall–Kier alpha value is -1.59. The van der Waals surface area contributed by atoms with Gasteiger partial charge in [-0.3, -0.25) is 4.90 Å². The second-order valence-electron chi connectivity index (χ2n) is 7.61. The molecule has 24 heavy (non-hydrogen) atoms. The number of hydrogen-bond acceptors (Lipinski definition) is 3. The van der Waals surface area contributed by atoms with Gasteiger partial charge in [0.25, 0.3) is 0 Å². The van der Waals surface area contributed by atoms with Crippen LogP contribution in [-0.2, 0) is 6.42 Å². The normalized spacial score (nSPS) is 24.1. The van der Waals surface area contributed by atoms with Gasteiger partial charge in [0, 0.05) is 37.8 Å². The highest BCUT2D eigenvalue weighted by Crippen LogP contribution is 2.23. The predicted molar refractivity (Wildman–Crippen MR) is 97.2 cm³/mol. The first-order chi connectivity index (χ1) is 11.5. The average molecular weight is 330 g/mol. The third kappa shape index (κ3) is 3.73. The molecule has 132 valence electrons. The Balaban J connectivity index is 1.57. The number of hydrogen-bond donors (Lipinski definition) is 2. The summed E-state index contributed by atoms with van der Waals surface area (Å²) in [6.45, 7) is 8.64. The van der Waals surface area contributed by atoms with Gasteiger partial charge < -0.3 is 15.5 Å². The van der Waals surface area contributed by atoms with E-state index in [1.807, 2.05) is 4.90 Å². The Labute approximate surface area is 145 Å². The number of benzene rings is 1. The molecule has 0 saturated carbocycles. The van der Waals surface area contributed by atoms with Gasteiger partial charge in [-0.05, 0) is 51.4 Å². The molecule has 2 amide bonds. The van der Waals surface area contributed by atoms with Gasteiger partial charge in [0.05, 0.1) is 0 Å². The molecule has 2 aliphatic rings. The molecular weight excluding hydrogens is 300 g/mol. The molecule has 2 N–H and O–H groups in total. The quantitative estimate of drug-likeness (QED) is 0.872. The van der Waals surface area contributed by atoms with Gasteiger partial charge in [0.2, 0.25) is 0 Å². The van der Waals surface area contributed by atoms with Crippen molar-refractivity contribution < 1.29 is 4.79 Å². The summed E-state index contributed by atoms with van der Waals surface area (Å²) < 4.78 is 0. The van der Waals surface area contributed by atoms with Crippen LogP contribution in [0.3, 0.4) is 0 Å². The largest absolute Gasteiger partial charge is 0.336 e. The highest BCUT2D eigenvalue weighted by Gasteiger charge is 2.29. The van der Waals surface area contributed by atoms with E-state index in [9.17, 15) is 4.79 Å². The fourth-order valence-corrected chi connectivity index (χ4v) is 3.56. The van der Waals surface area contributed by atoms with Crippen LogP contribution >= 0.6 is 0 Å².